The molecule has 6 N–H and O–H groups in total. The Kier molecular flexibility index (Phi) is 10.4. The molecule has 168 valence electrons. The first-order valence-electron chi connectivity index (χ1n) is 9.26. The van der Waals surface area contributed by atoms with E-state index in [0.29, 0.717) is 0 Å². The number of nitrogens with one attached hydrogen (secondary N) is 2. The van der Waals surface area contributed by atoms with Crippen LogP contribution in [0.5, 0.6) is 0 Å². The number of alkyl carbamates (subject to hydrolysis) is 2. The molecule has 0 saturated heterocycles. The summed E-state index contributed by atoms with van der Waals surface area (Å²) >= 11 is 0. The third-order valence-electron chi connectivity index (χ3n) is 3.17. The Bertz CT molecular complexity index is 532. The summed E-state index contributed by atoms with van der Waals surface area (Å²) in [6.07, 6.45) is -1.32. The summed E-state index contributed by atoms with van der Waals surface area (Å²) in [5.41, 5.74) is 9.11. The maximum absolute atomic E-state index is 11.7. The van der Waals surface area contributed by atoms with E-state index in [-0.39, 0.29) is 26.1 Å². The predicted octanol–water partition coefficient (Wildman–Crippen LogP) is 0.540. The zero-order valence-corrected chi connectivity index (χ0v) is 18.0. The van der Waals surface area contributed by atoms with Crippen molar-refractivity contribution in [1.29, 1.82) is 0 Å². The molecule has 29 heavy (non-hydrogen) atoms. The molecule has 4 amide bonds. The van der Waals surface area contributed by atoms with Crippen molar-refractivity contribution in [1.82, 2.24) is 10.6 Å². The predicted molar refractivity (Wildman–Crippen MR) is 105 cm³/mol. The fourth-order valence-corrected chi connectivity index (χ4v) is 1.98. The average Bonchev–Trinajstić information content (AvgIpc) is 2.48. The summed E-state index contributed by atoms with van der Waals surface area (Å²) in [5.74, 6) is -1.47. The lowest BCUT2D eigenvalue weighted by molar-refractivity contribution is -0.120. The van der Waals surface area contributed by atoms with Crippen molar-refractivity contribution < 1.29 is 33.4 Å². The molecule has 0 fully saturated rings. The Hall–Kier alpha value is -2.56. The number of ether oxygens (including phenoxy) is 3. The van der Waals surface area contributed by atoms with E-state index in [1.807, 2.05) is 0 Å². The number of hydrogen-bond donors (Lipinski definition) is 4. The minimum Gasteiger partial charge on any atom is -0.444 e. The van der Waals surface area contributed by atoms with Gasteiger partial charge in [-0.3, -0.25) is 9.59 Å². The summed E-state index contributed by atoms with van der Waals surface area (Å²) in [7, 11) is 0. The van der Waals surface area contributed by atoms with E-state index in [2.05, 4.69) is 10.6 Å². The van der Waals surface area contributed by atoms with Crippen LogP contribution in [0.2, 0.25) is 0 Å². The van der Waals surface area contributed by atoms with Gasteiger partial charge in [0.15, 0.2) is 0 Å². The van der Waals surface area contributed by atoms with Crippen molar-refractivity contribution in [2.24, 2.45) is 11.5 Å². The molecule has 0 aromatic carbocycles. The first kappa shape index (κ1) is 26.4. The molecule has 0 heterocycles. The molecule has 0 aromatic rings. The van der Waals surface area contributed by atoms with Gasteiger partial charge in [-0.1, -0.05) is 0 Å². The van der Waals surface area contributed by atoms with Crippen LogP contribution in [0.15, 0.2) is 0 Å². The van der Waals surface area contributed by atoms with E-state index in [4.69, 9.17) is 25.7 Å². The van der Waals surface area contributed by atoms with E-state index in [0.717, 1.165) is 0 Å². The third-order valence-corrected chi connectivity index (χ3v) is 3.17. The van der Waals surface area contributed by atoms with Crippen molar-refractivity contribution >= 4 is 24.0 Å². The summed E-state index contributed by atoms with van der Waals surface area (Å²) in [5, 5.41) is 4.75. The number of carbonyl (C=O) groups is 4. The largest absolute Gasteiger partial charge is 0.444 e. The van der Waals surface area contributed by atoms with Gasteiger partial charge >= 0.3 is 12.2 Å². The summed E-state index contributed by atoms with van der Waals surface area (Å²) in [4.78, 5) is 46.4. The molecule has 0 unspecified atom stereocenters. The number of amides is 4. The lowest BCUT2D eigenvalue weighted by atomic mass is 10.2. The van der Waals surface area contributed by atoms with E-state index in [1.165, 1.54) is 0 Å². The zero-order chi connectivity index (χ0) is 22.8. The smallest absolute Gasteiger partial charge is 0.408 e. The van der Waals surface area contributed by atoms with Crippen molar-refractivity contribution in [3.63, 3.8) is 0 Å². The number of rotatable bonds is 10. The number of primary amides is 2. The number of nitrogens with two attached hydrogens (primary N) is 2. The molecule has 0 aliphatic carbocycles. The molecule has 0 aromatic heterocycles. The highest BCUT2D eigenvalue weighted by molar-refractivity contribution is 5.84. The number of hydrogen-bond acceptors (Lipinski definition) is 7. The Morgan fingerprint density at radius 2 is 1.03 bits per heavy atom. The van der Waals surface area contributed by atoms with Crippen LogP contribution in [0.1, 0.15) is 54.4 Å². The highest BCUT2D eigenvalue weighted by atomic mass is 16.6. The lowest BCUT2D eigenvalue weighted by Crippen LogP contribution is -2.47. The van der Waals surface area contributed by atoms with Gasteiger partial charge in [0.05, 0.1) is 0 Å². The fraction of sp³-hybridized carbons (Fsp3) is 0.778. The molecular formula is C18H34N4O7. The summed E-state index contributed by atoms with van der Waals surface area (Å²) < 4.78 is 15.5. The van der Waals surface area contributed by atoms with Gasteiger partial charge in [-0.15, -0.1) is 0 Å². The Labute approximate surface area is 171 Å². The van der Waals surface area contributed by atoms with Crippen molar-refractivity contribution in [3.8, 4) is 0 Å². The topological polar surface area (TPSA) is 172 Å². The van der Waals surface area contributed by atoms with Crippen LogP contribution < -0.4 is 22.1 Å². The van der Waals surface area contributed by atoms with Crippen LogP contribution >= 0.6 is 0 Å². The van der Waals surface area contributed by atoms with E-state index >= 15 is 0 Å². The maximum atomic E-state index is 11.7. The van der Waals surface area contributed by atoms with Crippen molar-refractivity contribution in [2.75, 3.05) is 13.2 Å². The summed E-state index contributed by atoms with van der Waals surface area (Å²) in [6.45, 7) is 10.3. The van der Waals surface area contributed by atoms with Gasteiger partial charge in [0.2, 0.25) is 11.8 Å². The Morgan fingerprint density at radius 3 is 1.28 bits per heavy atom. The monoisotopic (exact) mass is 418 g/mol. The standard InChI is InChI=1S/C18H34N4O7/c1-17(2,3)28-15(25)21-11(13(19)23)7-9-27-10-8-12(14(20)24)22-16(26)29-18(4,5)6/h11-12H,7-10H2,1-6H3,(H2,19,23)(H2,20,24)(H,21,25)(H,22,26)/t11-,12-/m0/s1. The van der Waals surface area contributed by atoms with E-state index < -0.39 is 47.3 Å². The van der Waals surface area contributed by atoms with E-state index in [9.17, 15) is 19.2 Å². The molecule has 11 nitrogen and oxygen atoms in total. The molecule has 0 saturated carbocycles. The van der Waals surface area contributed by atoms with Gasteiger partial charge < -0.3 is 36.3 Å². The highest BCUT2D eigenvalue weighted by Crippen LogP contribution is 2.08. The van der Waals surface area contributed by atoms with Crippen molar-refractivity contribution in [3.05, 3.63) is 0 Å². The molecule has 0 radical (unpaired) electrons. The van der Waals surface area contributed by atoms with Crippen LogP contribution in [0.3, 0.4) is 0 Å². The highest BCUT2D eigenvalue weighted by Gasteiger charge is 2.24. The van der Waals surface area contributed by atoms with E-state index in [1.54, 1.807) is 41.5 Å². The Morgan fingerprint density at radius 1 is 0.724 bits per heavy atom. The van der Waals surface area contributed by atoms with Gasteiger partial charge in [-0.2, -0.15) is 0 Å². The molecule has 0 aliphatic rings. The molecule has 0 spiro atoms. The molecule has 2 atom stereocenters. The van der Waals surface area contributed by atoms with Crippen LogP contribution in [0.25, 0.3) is 0 Å². The van der Waals surface area contributed by atoms with Gasteiger partial charge in [-0.05, 0) is 41.5 Å². The van der Waals surface area contributed by atoms with Gasteiger partial charge in [-0.25, -0.2) is 9.59 Å². The SMILES string of the molecule is CC(C)(C)OC(=O)N[C@@H](CCOCC[C@H](NC(=O)OC(C)(C)C)C(N)=O)C(N)=O. The number of carbonyl (C=O) groups excluding carboxylic acids is 4. The zero-order valence-electron chi connectivity index (χ0n) is 18.0. The third kappa shape index (κ3) is 14.1. The Balaban J connectivity index is 4.39. The second-order valence-electron chi connectivity index (χ2n) is 8.39. The van der Waals surface area contributed by atoms with Crippen LogP contribution in [0, 0.1) is 0 Å². The molecule has 11 heteroatoms. The first-order chi connectivity index (χ1) is 13.1. The normalized spacial score (nSPS) is 13.7. The van der Waals surface area contributed by atoms with Gasteiger partial charge in [0.25, 0.3) is 0 Å². The minimum absolute atomic E-state index is 0.0708. The molecule has 0 bridgehead atoms. The van der Waals surface area contributed by atoms with Gasteiger partial charge in [0.1, 0.15) is 23.3 Å². The average molecular weight is 418 g/mol. The second-order valence-corrected chi connectivity index (χ2v) is 8.39. The lowest BCUT2D eigenvalue weighted by Gasteiger charge is -2.23. The van der Waals surface area contributed by atoms with Gasteiger partial charge in [0, 0.05) is 26.1 Å². The fourth-order valence-electron chi connectivity index (χ4n) is 1.98. The molecule has 0 aliphatic heterocycles. The van der Waals surface area contributed by atoms with Crippen LogP contribution in [-0.2, 0) is 23.8 Å². The van der Waals surface area contributed by atoms with Crippen LogP contribution in [0.4, 0.5) is 9.59 Å². The first-order valence-corrected chi connectivity index (χ1v) is 9.26. The maximum Gasteiger partial charge on any atom is 0.408 e. The molecule has 0 rings (SSSR count). The van der Waals surface area contributed by atoms with Crippen molar-refractivity contribution in [2.45, 2.75) is 77.7 Å². The quantitative estimate of drug-likeness (QED) is 0.375. The molecular weight excluding hydrogens is 384 g/mol. The summed E-state index contributed by atoms with van der Waals surface area (Å²) in [6, 6.07) is -1.95. The second kappa shape index (κ2) is 11.4. The van der Waals surface area contributed by atoms with Crippen LogP contribution in [-0.4, -0.2) is 60.5 Å². The minimum atomic E-state index is -0.975.